The lowest BCUT2D eigenvalue weighted by atomic mass is 9.98. The summed E-state index contributed by atoms with van der Waals surface area (Å²) >= 11 is 0. The second-order valence-electron chi connectivity index (χ2n) is 7.58. The van der Waals surface area contributed by atoms with Gasteiger partial charge in [0.25, 0.3) is 0 Å². The highest BCUT2D eigenvalue weighted by atomic mass is 16.5. The smallest absolute Gasteiger partial charge is 0.122 e. The number of hydrogen-bond acceptors (Lipinski definition) is 5. The minimum atomic E-state index is 0.293. The highest BCUT2D eigenvalue weighted by Crippen LogP contribution is 2.25. The molecule has 0 fully saturated rings. The zero-order valence-corrected chi connectivity index (χ0v) is 17.4. The Morgan fingerprint density at radius 3 is 2.55 bits per heavy atom. The number of benzene rings is 2. The first-order valence-electron chi connectivity index (χ1n) is 9.65. The van der Waals surface area contributed by atoms with Crippen molar-refractivity contribution in [3.63, 3.8) is 0 Å². The van der Waals surface area contributed by atoms with Gasteiger partial charge in [-0.05, 0) is 63.8 Å². The number of nitriles is 1. The van der Waals surface area contributed by atoms with Gasteiger partial charge >= 0.3 is 0 Å². The van der Waals surface area contributed by atoms with Crippen molar-refractivity contribution in [2.75, 3.05) is 14.1 Å². The van der Waals surface area contributed by atoms with Crippen LogP contribution >= 0.6 is 0 Å². The normalized spacial score (nSPS) is 12.0. The molecule has 0 saturated heterocycles. The van der Waals surface area contributed by atoms with E-state index in [0.717, 1.165) is 33.5 Å². The second kappa shape index (κ2) is 8.85. The zero-order valence-electron chi connectivity index (χ0n) is 17.4. The Morgan fingerprint density at radius 1 is 1.17 bits per heavy atom. The van der Waals surface area contributed by atoms with Gasteiger partial charge in [0.15, 0.2) is 0 Å². The third kappa shape index (κ3) is 4.98. The molecule has 5 nitrogen and oxygen atoms in total. The number of rotatable bonds is 7. The zero-order chi connectivity index (χ0) is 21.0. The van der Waals surface area contributed by atoms with E-state index < -0.39 is 0 Å². The van der Waals surface area contributed by atoms with E-state index in [1.54, 1.807) is 12.1 Å². The minimum Gasteiger partial charge on any atom is -0.489 e. The van der Waals surface area contributed by atoms with E-state index >= 15 is 0 Å². The van der Waals surface area contributed by atoms with Crippen LogP contribution in [0.25, 0.3) is 10.9 Å². The Kier molecular flexibility index (Phi) is 6.26. The summed E-state index contributed by atoms with van der Waals surface area (Å²) in [5, 5.41) is 18.5. The molecular formula is C24H26N4O. The highest BCUT2D eigenvalue weighted by molar-refractivity contribution is 6.09. The van der Waals surface area contributed by atoms with Crippen LogP contribution in [0.2, 0.25) is 0 Å². The molecule has 0 aliphatic carbocycles. The van der Waals surface area contributed by atoms with Gasteiger partial charge in [-0.1, -0.05) is 12.1 Å². The van der Waals surface area contributed by atoms with Crippen LogP contribution < -0.4 is 4.74 Å². The fourth-order valence-electron chi connectivity index (χ4n) is 3.11. The Bertz CT molecular complexity index is 1060. The highest BCUT2D eigenvalue weighted by Gasteiger charge is 2.14. The summed E-state index contributed by atoms with van der Waals surface area (Å²) in [7, 11) is 4.07. The molecule has 0 spiro atoms. The standard InChI is InChI=1S/C24H26N4O/c1-16-11-22(23(26)12-17(2)28(3)4)21-10-9-20(13-24(21)27-16)29-15-19-7-5-18(14-25)6-8-19/h5-11,13,17,26H,12,15H2,1-4H3/t17-/m1/s1. The Balaban J connectivity index is 1.82. The molecular weight excluding hydrogens is 360 g/mol. The first-order valence-corrected chi connectivity index (χ1v) is 9.65. The van der Waals surface area contributed by atoms with Crippen LogP contribution in [-0.2, 0) is 6.61 Å². The maximum atomic E-state index is 8.89. The number of pyridine rings is 1. The number of nitrogens with zero attached hydrogens (tertiary/aromatic N) is 3. The fraction of sp³-hybridized carbons (Fsp3) is 0.292. The monoisotopic (exact) mass is 386 g/mol. The molecule has 2 aromatic carbocycles. The van der Waals surface area contributed by atoms with Gasteiger partial charge in [0, 0.05) is 40.9 Å². The summed E-state index contributed by atoms with van der Waals surface area (Å²) in [5.74, 6) is 0.735. The number of ether oxygens (including phenoxy) is 1. The molecule has 29 heavy (non-hydrogen) atoms. The van der Waals surface area contributed by atoms with Crippen molar-refractivity contribution in [2.45, 2.75) is 32.9 Å². The largest absolute Gasteiger partial charge is 0.489 e. The molecule has 0 saturated carbocycles. The molecule has 148 valence electrons. The van der Waals surface area contributed by atoms with E-state index in [-0.39, 0.29) is 0 Å². The third-order valence-corrected chi connectivity index (χ3v) is 5.10. The predicted octanol–water partition coefficient (Wildman–Crippen LogP) is 4.70. The van der Waals surface area contributed by atoms with E-state index in [1.165, 1.54) is 0 Å². The Hall–Kier alpha value is -3.23. The van der Waals surface area contributed by atoms with Crippen molar-refractivity contribution in [2.24, 2.45) is 0 Å². The summed E-state index contributed by atoms with van der Waals surface area (Å²) in [6, 6.07) is 17.6. The van der Waals surface area contributed by atoms with E-state index in [0.29, 0.717) is 30.3 Å². The quantitative estimate of drug-likeness (QED) is 0.597. The summed E-state index contributed by atoms with van der Waals surface area (Å²) in [4.78, 5) is 6.77. The van der Waals surface area contributed by atoms with Crippen LogP contribution in [0.3, 0.4) is 0 Å². The van der Waals surface area contributed by atoms with Gasteiger partial charge in [0.05, 0.1) is 17.1 Å². The maximum absolute atomic E-state index is 8.89. The topological polar surface area (TPSA) is 73.0 Å². The predicted molar refractivity (Wildman–Crippen MR) is 117 cm³/mol. The van der Waals surface area contributed by atoms with Gasteiger partial charge in [-0.25, -0.2) is 0 Å². The van der Waals surface area contributed by atoms with Gasteiger partial charge in [-0.3, -0.25) is 4.98 Å². The van der Waals surface area contributed by atoms with Gasteiger partial charge in [-0.2, -0.15) is 5.26 Å². The number of fused-ring (bicyclic) bond motifs is 1. The van der Waals surface area contributed by atoms with Crippen LogP contribution in [-0.4, -0.2) is 35.7 Å². The number of nitrogens with one attached hydrogen (secondary N) is 1. The van der Waals surface area contributed by atoms with Gasteiger partial charge in [0.1, 0.15) is 12.4 Å². The van der Waals surface area contributed by atoms with E-state index in [2.05, 4.69) is 22.9 Å². The maximum Gasteiger partial charge on any atom is 0.122 e. The first-order chi connectivity index (χ1) is 13.9. The summed E-state index contributed by atoms with van der Waals surface area (Å²) < 4.78 is 5.93. The molecule has 0 unspecified atom stereocenters. The Labute approximate surface area is 172 Å². The van der Waals surface area contributed by atoms with Crippen LogP contribution in [0.4, 0.5) is 0 Å². The van der Waals surface area contributed by atoms with E-state index in [4.69, 9.17) is 15.4 Å². The van der Waals surface area contributed by atoms with Crippen LogP contribution in [0.15, 0.2) is 48.5 Å². The molecule has 5 heteroatoms. The SMILES string of the molecule is Cc1cc(C(=N)C[C@@H](C)N(C)C)c2ccc(OCc3ccc(C#N)cc3)cc2n1. The van der Waals surface area contributed by atoms with Gasteiger partial charge in [0.2, 0.25) is 0 Å². The molecule has 0 aliphatic rings. The molecule has 1 atom stereocenters. The average molecular weight is 386 g/mol. The molecule has 1 N–H and O–H groups in total. The van der Waals surface area contributed by atoms with Crippen molar-refractivity contribution >= 4 is 16.6 Å². The van der Waals surface area contributed by atoms with Crippen LogP contribution in [0.1, 0.15) is 35.7 Å². The first kappa shape index (κ1) is 20.5. The lowest BCUT2D eigenvalue weighted by molar-refractivity contribution is 0.306. The van der Waals surface area contributed by atoms with Crippen molar-refractivity contribution in [1.29, 1.82) is 10.7 Å². The molecule has 0 amide bonds. The number of aryl methyl sites for hydroxylation is 1. The van der Waals surface area contributed by atoms with Crippen molar-refractivity contribution < 1.29 is 4.74 Å². The fourth-order valence-corrected chi connectivity index (χ4v) is 3.11. The van der Waals surface area contributed by atoms with Crippen LogP contribution in [0, 0.1) is 23.7 Å². The number of hydrogen-bond donors (Lipinski definition) is 1. The summed E-state index contributed by atoms with van der Waals surface area (Å²) in [6.45, 7) is 4.50. The average Bonchev–Trinajstić information content (AvgIpc) is 2.71. The van der Waals surface area contributed by atoms with E-state index in [9.17, 15) is 0 Å². The summed E-state index contributed by atoms with van der Waals surface area (Å²) in [5.41, 5.74) is 4.91. The molecule has 1 aromatic heterocycles. The molecule has 0 radical (unpaired) electrons. The van der Waals surface area contributed by atoms with Crippen molar-refractivity contribution in [3.05, 3.63) is 70.9 Å². The van der Waals surface area contributed by atoms with Crippen LogP contribution in [0.5, 0.6) is 5.75 Å². The minimum absolute atomic E-state index is 0.293. The second-order valence-corrected chi connectivity index (χ2v) is 7.58. The van der Waals surface area contributed by atoms with Gasteiger partial charge < -0.3 is 15.0 Å². The summed E-state index contributed by atoms with van der Waals surface area (Å²) in [6.07, 6.45) is 0.683. The lowest BCUT2D eigenvalue weighted by Gasteiger charge is -2.20. The van der Waals surface area contributed by atoms with E-state index in [1.807, 2.05) is 57.4 Å². The van der Waals surface area contributed by atoms with Gasteiger partial charge in [-0.15, -0.1) is 0 Å². The van der Waals surface area contributed by atoms with Crippen molar-refractivity contribution in [3.8, 4) is 11.8 Å². The molecule has 0 aliphatic heterocycles. The molecule has 3 rings (SSSR count). The lowest BCUT2D eigenvalue weighted by Crippen LogP contribution is -2.27. The third-order valence-electron chi connectivity index (χ3n) is 5.10. The molecule has 0 bridgehead atoms. The number of aromatic nitrogens is 1. The van der Waals surface area contributed by atoms with Crippen molar-refractivity contribution in [1.82, 2.24) is 9.88 Å². The molecule has 3 aromatic rings. The molecule has 1 heterocycles. The Morgan fingerprint density at radius 2 is 1.90 bits per heavy atom.